The number of benzene rings is 2. The molecule has 162 valence electrons. The van der Waals surface area contributed by atoms with Crippen molar-refractivity contribution in [3.63, 3.8) is 0 Å². The van der Waals surface area contributed by atoms with Gasteiger partial charge in [-0.1, -0.05) is 46.0 Å². The second-order valence-electron chi connectivity index (χ2n) is 6.49. The van der Waals surface area contributed by atoms with Gasteiger partial charge in [0.1, 0.15) is 18.1 Å². The normalized spacial score (nSPS) is 10.6. The molecule has 0 spiro atoms. The van der Waals surface area contributed by atoms with E-state index in [4.69, 9.17) is 48.8 Å². The molecule has 2 aromatic carbocycles. The van der Waals surface area contributed by atoms with Gasteiger partial charge >= 0.3 is 5.97 Å². The largest absolute Gasteiger partial charge is 0.489 e. The monoisotopic (exact) mass is 482 g/mol. The van der Waals surface area contributed by atoms with E-state index in [2.05, 4.69) is 10.5 Å². The third kappa shape index (κ3) is 5.91. The Labute approximate surface area is 193 Å². The van der Waals surface area contributed by atoms with Crippen LogP contribution in [0.25, 0.3) is 0 Å². The van der Waals surface area contributed by atoms with Gasteiger partial charge in [0, 0.05) is 0 Å². The predicted molar refractivity (Wildman–Crippen MR) is 117 cm³/mol. The van der Waals surface area contributed by atoms with Gasteiger partial charge in [-0.05, 0) is 44.2 Å². The number of ether oxygens (including phenoxy) is 2. The summed E-state index contributed by atoms with van der Waals surface area (Å²) in [6.45, 7) is 3.34. The Morgan fingerprint density at radius 2 is 1.81 bits per heavy atom. The maximum absolute atomic E-state index is 12.3. The van der Waals surface area contributed by atoms with Crippen molar-refractivity contribution in [1.29, 1.82) is 0 Å². The van der Waals surface area contributed by atoms with Gasteiger partial charge in [0.15, 0.2) is 6.61 Å². The Kier molecular flexibility index (Phi) is 7.43. The number of aromatic nitrogens is 1. The fraction of sp³-hybridized carbons (Fsp3) is 0.190. The first-order chi connectivity index (χ1) is 14.7. The first kappa shape index (κ1) is 22.9. The molecule has 31 heavy (non-hydrogen) atoms. The molecule has 0 fully saturated rings. The van der Waals surface area contributed by atoms with Crippen LogP contribution in [0.5, 0.6) is 5.75 Å². The summed E-state index contributed by atoms with van der Waals surface area (Å²) in [6.07, 6.45) is 0. The maximum Gasteiger partial charge on any atom is 0.338 e. The highest BCUT2D eigenvalue weighted by molar-refractivity contribution is 6.44. The number of anilines is 1. The van der Waals surface area contributed by atoms with Gasteiger partial charge in [0.25, 0.3) is 5.91 Å². The molecule has 0 atom stereocenters. The van der Waals surface area contributed by atoms with Gasteiger partial charge < -0.3 is 19.3 Å². The Hall–Kier alpha value is -2.74. The zero-order valence-electron chi connectivity index (χ0n) is 16.5. The van der Waals surface area contributed by atoms with Crippen molar-refractivity contribution in [2.45, 2.75) is 20.5 Å². The lowest BCUT2D eigenvalue weighted by atomic mass is 10.2. The number of esters is 1. The number of halogens is 3. The van der Waals surface area contributed by atoms with Crippen molar-refractivity contribution in [3.8, 4) is 5.75 Å². The minimum absolute atomic E-state index is 0.206. The van der Waals surface area contributed by atoms with Crippen molar-refractivity contribution >= 4 is 52.4 Å². The highest BCUT2D eigenvalue weighted by Crippen LogP contribution is 2.32. The van der Waals surface area contributed by atoms with E-state index < -0.39 is 18.5 Å². The number of carbonyl (C=O) groups excluding carboxylic acids is 2. The van der Waals surface area contributed by atoms with E-state index in [1.807, 2.05) is 6.92 Å². The first-order valence-electron chi connectivity index (χ1n) is 9.00. The SMILES string of the molecule is Cc1noc(C)c1COc1cccc(C(=O)OCC(=O)Nc2cc(Cl)c(Cl)cc2Cl)c1. The minimum Gasteiger partial charge on any atom is -0.489 e. The Balaban J connectivity index is 1.56. The minimum atomic E-state index is -0.682. The quantitative estimate of drug-likeness (QED) is 0.346. The number of aryl methyl sites for hydroxylation is 2. The van der Waals surface area contributed by atoms with Crippen molar-refractivity contribution in [3.05, 3.63) is 74.0 Å². The van der Waals surface area contributed by atoms with Crippen LogP contribution >= 0.6 is 34.8 Å². The number of rotatable bonds is 7. The molecule has 0 saturated heterocycles. The van der Waals surface area contributed by atoms with Crippen LogP contribution < -0.4 is 10.1 Å². The van der Waals surface area contributed by atoms with Crippen LogP contribution in [0.3, 0.4) is 0 Å². The predicted octanol–water partition coefficient (Wildman–Crippen LogP) is 5.63. The summed E-state index contributed by atoms with van der Waals surface area (Å²) < 4.78 is 15.9. The molecule has 1 N–H and O–H groups in total. The standard InChI is InChI=1S/C21H17Cl3N2O5/c1-11-15(12(2)31-26-11)9-29-14-5-3-4-13(6-14)21(28)30-10-20(27)25-19-8-17(23)16(22)7-18(19)24/h3-8H,9-10H2,1-2H3,(H,25,27). The molecule has 7 nitrogen and oxygen atoms in total. The molecular formula is C21H17Cl3N2O5. The Morgan fingerprint density at radius 1 is 1.06 bits per heavy atom. The maximum atomic E-state index is 12.3. The molecule has 0 aliphatic carbocycles. The number of carbonyl (C=O) groups is 2. The lowest BCUT2D eigenvalue weighted by Gasteiger charge is -2.10. The third-order valence-corrected chi connectivity index (χ3v) is 5.29. The van der Waals surface area contributed by atoms with Gasteiger partial charge in [-0.3, -0.25) is 4.79 Å². The van der Waals surface area contributed by atoms with E-state index in [1.54, 1.807) is 25.1 Å². The zero-order valence-corrected chi connectivity index (χ0v) is 18.8. The molecule has 0 bridgehead atoms. The van der Waals surface area contributed by atoms with Crippen molar-refractivity contribution < 1.29 is 23.6 Å². The van der Waals surface area contributed by atoms with Crippen LogP contribution in [0.4, 0.5) is 5.69 Å². The molecule has 0 unspecified atom stereocenters. The van der Waals surface area contributed by atoms with E-state index in [-0.39, 0.29) is 32.9 Å². The summed E-state index contributed by atoms with van der Waals surface area (Å²) in [6, 6.07) is 9.24. The Morgan fingerprint density at radius 3 is 2.52 bits per heavy atom. The molecule has 0 aliphatic heterocycles. The fourth-order valence-electron chi connectivity index (χ4n) is 2.60. The average Bonchev–Trinajstić information content (AvgIpc) is 3.06. The van der Waals surface area contributed by atoms with E-state index in [0.29, 0.717) is 11.5 Å². The van der Waals surface area contributed by atoms with Gasteiger partial charge in [-0.15, -0.1) is 0 Å². The molecule has 0 radical (unpaired) electrons. The molecular weight excluding hydrogens is 467 g/mol. The smallest absolute Gasteiger partial charge is 0.338 e. The number of hydrogen-bond donors (Lipinski definition) is 1. The topological polar surface area (TPSA) is 90.7 Å². The first-order valence-corrected chi connectivity index (χ1v) is 10.1. The number of amides is 1. The van der Waals surface area contributed by atoms with Crippen molar-refractivity contribution in [1.82, 2.24) is 5.16 Å². The molecule has 0 aliphatic rings. The highest BCUT2D eigenvalue weighted by Gasteiger charge is 2.14. The van der Waals surface area contributed by atoms with Crippen LogP contribution in [0.15, 0.2) is 40.9 Å². The molecule has 0 saturated carbocycles. The lowest BCUT2D eigenvalue weighted by Crippen LogP contribution is -2.21. The van der Waals surface area contributed by atoms with E-state index in [9.17, 15) is 9.59 Å². The second kappa shape index (κ2) is 10.0. The summed E-state index contributed by atoms with van der Waals surface area (Å²) in [5.74, 6) is -0.139. The summed E-state index contributed by atoms with van der Waals surface area (Å²) in [4.78, 5) is 24.4. The summed E-state index contributed by atoms with van der Waals surface area (Å²) in [5, 5.41) is 7.07. The van der Waals surface area contributed by atoms with E-state index in [0.717, 1.165) is 11.3 Å². The van der Waals surface area contributed by atoms with E-state index >= 15 is 0 Å². The van der Waals surface area contributed by atoms with Crippen LogP contribution in [-0.4, -0.2) is 23.6 Å². The summed E-state index contributed by atoms with van der Waals surface area (Å²) >= 11 is 17.8. The van der Waals surface area contributed by atoms with Crippen molar-refractivity contribution in [2.24, 2.45) is 0 Å². The molecule has 3 aromatic rings. The highest BCUT2D eigenvalue weighted by atomic mass is 35.5. The lowest BCUT2D eigenvalue weighted by molar-refractivity contribution is -0.119. The fourth-order valence-corrected chi connectivity index (χ4v) is 3.19. The average molecular weight is 484 g/mol. The molecule has 1 aromatic heterocycles. The van der Waals surface area contributed by atoms with E-state index in [1.165, 1.54) is 18.2 Å². The Bertz CT molecular complexity index is 1110. The van der Waals surface area contributed by atoms with Crippen LogP contribution in [0.2, 0.25) is 15.1 Å². The van der Waals surface area contributed by atoms with Gasteiger partial charge in [-0.25, -0.2) is 4.79 Å². The third-order valence-electron chi connectivity index (χ3n) is 4.25. The summed E-state index contributed by atoms with van der Waals surface area (Å²) in [5.41, 5.74) is 2.07. The van der Waals surface area contributed by atoms with Crippen molar-refractivity contribution in [2.75, 3.05) is 11.9 Å². The number of nitrogens with one attached hydrogen (secondary N) is 1. The number of nitrogens with zero attached hydrogens (tertiary/aromatic N) is 1. The van der Waals surface area contributed by atoms with Gasteiger partial charge in [0.05, 0.1) is 37.6 Å². The van der Waals surface area contributed by atoms with Crippen LogP contribution in [0.1, 0.15) is 27.4 Å². The molecule has 1 heterocycles. The zero-order chi connectivity index (χ0) is 22.5. The van der Waals surface area contributed by atoms with Gasteiger partial charge in [0.2, 0.25) is 0 Å². The molecule has 10 heteroatoms. The molecule has 3 rings (SSSR count). The number of hydrogen-bond acceptors (Lipinski definition) is 6. The van der Waals surface area contributed by atoms with Crippen LogP contribution in [-0.2, 0) is 16.1 Å². The summed E-state index contributed by atoms with van der Waals surface area (Å²) in [7, 11) is 0. The molecule has 1 amide bonds. The van der Waals surface area contributed by atoms with Gasteiger partial charge in [-0.2, -0.15) is 0 Å². The van der Waals surface area contributed by atoms with Crippen LogP contribution in [0, 0.1) is 13.8 Å². The second-order valence-corrected chi connectivity index (χ2v) is 7.71.